The second-order valence-electron chi connectivity index (χ2n) is 7.58. The van der Waals surface area contributed by atoms with Crippen molar-refractivity contribution in [2.24, 2.45) is 11.8 Å². The van der Waals surface area contributed by atoms with E-state index in [0.717, 1.165) is 6.07 Å². The number of nitrogens with two attached hydrogens (primary N) is 1. The molecule has 0 aliphatic carbocycles. The van der Waals surface area contributed by atoms with Gasteiger partial charge < -0.3 is 20.3 Å². The molecule has 0 bridgehead atoms. The molecule has 3 N–H and O–H groups in total. The van der Waals surface area contributed by atoms with Crippen molar-refractivity contribution in [2.45, 2.75) is 18.5 Å². The fourth-order valence-electron chi connectivity index (χ4n) is 4.56. The Morgan fingerprint density at radius 2 is 1.77 bits per heavy atom. The Hall–Kier alpha value is -3.79. The van der Waals surface area contributed by atoms with Crippen LogP contribution in [-0.4, -0.2) is 33.4 Å². The highest BCUT2D eigenvalue weighted by molar-refractivity contribution is 6.24. The molecular weight excluding hydrogens is 394 g/mol. The lowest BCUT2D eigenvalue weighted by Gasteiger charge is -2.28. The molecule has 10 nitrogen and oxygen atoms in total. The first-order valence-electron chi connectivity index (χ1n) is 9.15. The first-order valence-corrected chi connectivity index (χ1v) is 9.15. The van der Waals surface area contributed by atoms with Crippen LogP contribution in [0.2, 0.25) is 0 Å². The van der Waals surface area contributed by atoms with Crippen LogP contribution < -0.4 is 15.3 Å². The number of fused-ring (bicyclic) bond motifs is 1. The average Bonchev–Trinajstić information content (AvgIpc) is 3.16. The lowest BCUT2D eigenvalue weighted by molar-refractivity contribution is -0.735. The van der Waals surface area contributed by atoms with Gasteiger partial charge in [0.25, 0.3) is 5.69 Å². The summed E-state index contributed by atoms with van der Waals surface area (Å²) in [7, 11) is 0. The van der Waals surface area contributed by atoms with Crippen LogP contribution in [0.5, 0.6) is 5.75 Å². The molecule has 2 saturated heterocycles. The predicted octanol–water partition coefficient (Wildman–Crippen LogP) is -0.767. The highest BCUT2D eigenvalue weighted by Gasteiger charge is 2.68. The van der Waals surface area contributed by atoms with E-state index in [1.807, 2.05) is 0 Å². The van der Waals surface area contributed by atoms with Gasteiger partial charge in [-0.3, -0.25) is 19.7 Å². The maximum absolute atomic E-state index is 13.3. The SMILES string of the molecule is C[C@]1(C(=O)[O-])[NH2+][C@@H](c2ccccc2O)[C@H]2C(=O)N(c3ccccc3[N+](=O)[O-])C(=O)[C@H]21. The van der Waals surface area contributed by atoms with Crippen LogP contribution in [0.3, 0.4) is 0 Å². The Morgan fingerprint density at radius 1 is 1.13 bits per heavy atom. The van der Waals surface area contributed by atoms with Crippen molar-refractivity contribution in [1.29, 1.82) is 0 Å². The number of benzene rings is 2. The first kappa shape index (κ1) is 19.5. The van der Waals surface area contributed by atoms with Gasteiger partial charge in [0, 0.05) is 6.07 Å². The van der Waals surface area contributed by atoms with Gasteiger partial charge in [-0.25, -0.2) is 4.90 Å². The van der Waals surface area contributed by atoms with E-state index >= 15 is 0 Å². The number of imide groups is 1. The third-order valence-electron chi connectivity index (χ3n) is 5.96. The number of para-hydroxylation sites is 3. The number of carboxylic acid groups (broad SMARTS) is 1. The van der Waals surface area contributed by atoms with E-state index in [4.69, 9.17) is 0 Å². The summed E-state index contributed by atoms with van der Waals surface area (Å²) in [6.45, 7) is 1.29. The fraction of sp³-hybridized carbons (Fsp3) is 0.250. The van der Waals surface area contributed by atoms with Crippen molar-refractivity contribution >= 4 is 29.2 Å². The number of phenols is 1. The zero-order valence-corrected chi connectivity index (χ0v) is 15.7. The second-order valence-corrected chi connectivity index (χ2v) is 7.58. The van der Waals surface area contributed by atoms with Crippen molar-refractivity contribution in [3.05, 3.63) is 64.2 Å². The van der Waals surface area contributed by atoms with E-state index in [1.54, 1.807) is 18.2 Å². The van der Waals surface area contributed by atoms with Crippen LogP contribution in [0.15, 0.2) is 48.5 Å². The van der Waals surface area contributed by atoms with E-state index < -0.39 is 51.8 Å². The molecule has 2 heterocycles. The third-order valence-corrected chi connectivity index (χ3v) is 5.96. The van der Waals surface area contributed by atoms with E-state index in [0.29, 0.717) is 10.5 Å². The van der Waals surface area contributed by atoms with Crippen molar-refractivity contribution < 1.29 is 34.8 Å². The summed E-state index contributed by atoms with van der Waals surface area (Å²) in [5.41, 5.74) is -2.17. The standard InChI is InChI=1S/C20H17N3O7/c1-20(19(27)28)15-14(16(21-20)10-6-2-5-9-13(10)24)17(25)22(18(15)26)11-7-3-4-8-12(11)23(29)30/h2-9,14-16,21,24H,1H3,(H,27,28)/t14-,15-,16-,20-/m0/s1. The summed E-state index contributed by atoms with van der Waals surface area (Å²) in [4.78, 5) is 50.0. The Balaban J connectivity index is 1.88. The van der Waals surface area contributed by atoms with Gasteiger partial charge in [0.2, 0.25) is 11.8 Å². The Labute approximate surface area is 169 Å². The zero-order valence-electron chi connectivity index (χ0n) is 15.7. The van der Waals surface area contributed by atoms with Gasteiger partial charge in [0.05, 0.1) is 10.5 Å². The third kappa shape index (κ3) is 2.57. The zero-order chi connectivity index (χ0) is 21.8. The Morgan fingerprint density at radius 3 is 2.40 bits per heavy atom. The lowest BCUT2D eigenvalue weighted by atomic mass is 9.80. The number of nitrogens with zero attached hydrogens (tertiary/aromatic N) is 2. The van der Waals surface area contributed by atoms with Gasteiger partial charge in [-0.1, -0.05) is 24.3 Å². The molecule has 2 aromatic carbocycles. The Bertz CT molecular complexity index is 1100. The number of nitro groups is 1. The molecular formula is C20H17N3O7. The van der Waals surface area contributed by atoms with Crippen LogP contribution in [-0.2, 0) is 14.4 Å². The first-order chi connectivity index (χ1) is 14.2. The predicted molar refractivity (Wildman–Crippen MR) is 98.8 cm³/mol. The normalized spacial score (nSPS) is 27.9. The lowest BCUT2D eigenvalue weighted by Crippen LogP contribution is -2.98. The Kier molecular flexibility index (Phi) is 4.31. The number of amides is 2. The molecule has 2 aliphatic heterocycles. The topological polar surface area (TPSA) is 157 Å². The molecule has 0 unspecified atom stereocenters. The number of aliphatic carboxylic acids is 1. The van der Waals surface area contributed by atoms with E-state index in [1.165, 1.54) is 36.5 Å². The number of hydrogen-bond donors (Lipinski definition) is 2. The number of phenolic OH excluding ortho intramolecular Hbond substituents is 1. The monoisotopic (exact) mass is 411 g/mol. The summed E-state index contributed by atoms with van der Waals surface area (Å²) in [5, 5.41) is 35.0. The number of nitro benzene ring substituents is 1. The minimum absolute atomic E-state index is 0.149. The molecule has 2 aromatic rings. The van der Waals surface area contributed by atoms with Crippen molar-refractivity contribution in [2.75, 3.05) is 4.90 Å². The fourth-order valence-corrected chi connectivity index (χ4v) is 4.56. The maximum Gasteiger partial charge on any atom is 0.293 e. The van der Waals surface area contributed by atoms with Crippen molar-refractivity contribution in [3.63, 3.8) is 0 Å². The maximum atomic E-state index is 13.3. The number of quaternary nitrogens is 1. The average molecular weight is 411 g/mol. The van der Waals surface area contributed by atoms with Crippen LogP contribution >= 0.6 is 0 Å². The van der Waals surface area contributed by atoms with Crippen LogP contribution in [0.1, 0.15) is 18.5 Å². The minimum Gasteiger partial charge on any atom is -0.544 e. The molecule has 0 saturated carbocycles. The van der Waals surface area contributed by atoms with E-state index in [2.05, 4.69) is 0 Å². The molecule has 4 atom stereocenters. The number of aromatic hydroxyl groups is 1. The molecule has 0 aromatic heterocycles. The van der Waals surface area contributed by atoms with Gasteiger partial charge >= 0.3 is 0 Å². The van der Waals surface area contributed by atoms with Crippen molar-refractivity contribution in [3.8, 4) is 5.75 Å². The van der Waals surface area contributed by atoms with Gasteiger partial charge in [-0.05, 0) is 25.1 Å². The molecule has 4 rings (SSSR count). The number of hydrogen-bond acceptors (Lipinski definition) is 7. The van der Waals surface area contributed by atoms with Gasteiger partial charge in [0.1, 0.15) is 40.8 Å². The molecule has 30 heavy (non-hydrogen) atoms. The summed E-state index contributed by atoms with van der Waals surface area (Å²) in [5.74, 6) is -5.76. The number of carbonyl (C=O) groups is 3. The molecule has 10 heteroatoms. The van der Waals surface area contributed by atoms with Crippen molar-refractivity contribution in [1.82, 2.24) is 0 Å². The van der Waals surface area contributed by atoms with Crippen LogP contribution in [0, 0.1) is 22.0 Å². The highest BCUT2D eigenvalue weighted by atomic mass is 16.6. The van der Waals surface area contributed by atoms with Gasteiger partial charge in [-0.15, -0.1) is 0 Å². The van der Waals surface area contributed by atoms with E-state index in [9.17, 15) is 34.7 Å². The quantitative estimate of drug-likeness (QED) is 0.380. The van der Waals surface area contributed by atoms with Crippen LogP contribution in [0.25, 0.3) is 0 Å². The smallest absolute Gasteiger partial charge is 0.293 e. The van der Waals surface area contributed by atoms with E-state index in [-0.39, 0.29) is 11.4 Å². The minimum atomic E-state index is -1.80. The summed E-state index contributed by atoms with van der Waals surface area (Å²) < 4.78 is 0. The number of anilines is 1. The summed E-state index contributed by atoms with van der Waals surface area (Å²) in [6, 6.07) is 10.5. The molecule has 0 spiro atoms. The van der Waals surface area contributed by atoms with Gasteiger partial charge in [0.15, 0.2) is 0 Å². The van der Waals surface area contributed by atoms with Gasteiger partial charge in [-0.2, -0.15) is 0 Å². The van der Waals surface area contributed by atoms with Crippen LogP contribution in [0.4, 0.5) is 11.4 Å². The largest absolute Gasteiger partial charge is 0.544 e. The highest BCUT2D eigenvalue weighted by Crippen LogP contribution is 2.47. The summed E-state index contributed by atoms with van der Waals surface area (Å²) >= 11 is 0. The number of carboxylic acids is 1. The molecule has 2 amide bonds. The number of carbonyl (C=O) groups excluding carboxylic acids is 3. The molecule has 2 fully saturated rings. The second kappa shape index (κ2) is 6.63. The molecule has 154 valence electrons. The number of rotatable bonds is 4. The summed E-state index contributed by atoms with van der Waals surface area (Å²) in [6.07, 6.45) is 0. The molecule has 2 aliphatic rings. The molecule has 0 radical (unpaired) electrons.